The van der Waals surface area contributed by atoms with E-state index in [1.54, 1.807) is 6.20 Å². The van der Waals surface area contributed by atoms with E-state index in [1.807, 2.05) is 36.7 Å². The first-order chi connectivity index (χ1) is 19.2. The molecule has 198 valence electrons. The molecule has 1 fully saturated rings. The van der Waals surface area contributed by atoms with Gasteiger partial charge in [-0.2, -0.15) is 0 Å². The molecule has 0 saturated carbocycles. The molecule has 1 aliphatic rings. The molecule has 4 heterocycles. The van der Waals surface area contributed by atoms with Gasteiger partial charge < -0.3 is 16.0 Å². The minimum absolute atomic E-state index is 0.496. The van der Waals surface area contributed by atoms with Crippen molar-refractivity contribution >= 4 is 17.5 Å². The third kappa shape index (κ3) is 6.17. The van der Waals surface area contributed by atoms with Crippen molar-refractivity contribution in [2.24, 2.45) is 11.5 Å². The van der Waals surface area contributed by atoms with E-state index in [1.165, 1.54) is 5.56 Å². The van der Waals surface area contributed by atoms with Crippen molar-refractivity contribution in [3.05, 3.63) is 96.7 Å². The van der Waals surface area contributed by atoms with Crippen LogP contribution >= 0.6 is 0 Å². The van der Waals surface area contributed by atoms with Crippen LogP contribution in [0.4, 0.5) is 0 Å². The molecule has 0 atom stereocenters. The molecule has 0 unspecified atom stereocenters. The van der Waals surface area contributed by atoms with Gasteiger partial charge in [0.05, 0.1) is 29.7 Å². The second-order valence-corrected chi connectivity index (χ2v) is 9.52. The Kier molecular flexibility index (Phi) is 8.30. The molecule has 9 nitrogen and oxygen atoms in total. The molecule has 2 aromatic carbocycles. The van der Waals surface area contributed by atoms with E-state index in [0.717, 1.165) is 72.5 Å². The Morgan fingerprint density at radius 2 is 1.56 bits per heavy atom. The molecule has 5 N–H and O–H groups in total. The van der Waals surface area contributed by atoms with Gasteiger partial charge in [-0.05, 0) is 30.5 Å². The summed E-state index contributed by atoms with van der Waals surface area (Å²) >= 11 is 0. The van der Waals surface area contributed by atoms with Gasteiger partial charge in [0.1, 0.15) is 5.52 Å². The lowest BCUT2D eigenvalue weighted by atomic mass is 10.0. The predicted molar refractivity (Wildman–Crippen MR) is 155 cm³/mol. The van der Waals surface area contributed by atoms with Gasteiger partial charge in [-0.1, -0.05) is 54.6 Å². The number of benzene rings is 2. The molecule has 6 rings (SSSR count). The molecule has 5 aromatic rings. The second kappa shape index (κ2) is 12.4. The van der Waals surface area contributed by atoms with Crippen LogP contribution in [0.1, 0.15) is 30.1 Å². The first-order valence-electron chi connectivity index (χ1n) is 13.1. The van der Waals surface area contributed by atoms with E-state index >= 15 is 0 Å². The smallest absolute Gasteiger partial charge is 0.178 e. The maximum atomic E-state index is 5.86. The zero-order valence-electron chi connectivity index (χ0n) is 21.8. The van der Waals surface area contributed by atoms with Crippen molar-refractivity contribution in [2.75, 3.05) is 13.1 Å². The van der Waals surface area contributed by atoms with Crippen LogP contribution in [0.15, 0.2) is 85.5 Å². The quantitative estimate of drug-likeness (QED) is 0.223. The summed E-state index contributed by atoms with van der Waals surface area (Å²) in [4.78, 5) is 21.2. The highest BCUT2D eigenvalue weighted by molar-refractivity contribution is 5.84. The number of imidazole rings is 1. The van der Waals surface area contributed by atoms with E-state index in [4.69, 9.17) is 21.1 Å². The number of piperidine rings is 1. The standard InChI is InChI=1S/C29H29N7.CH4N2/c30-17-24-19-36(20-32-24)25-12-15-35(16-13-25)18-21-8-10-23(11-9-21)28-27(22-5-2-1-3-6-22)33-26-7-4-14-31-29(26)34-28;2-1-3/h1-11,14,19-20,25H,12-13,15-18,30H2;1H,(H3,2,3). The maximum absolute atomic E-state index is 5.86. The van der Waals surface area contributed by atoms with E-state index < -0.39 is 0 Å². The average Bonchev–Trinajstić information content (AvgIpc) is 3.48. The highest BCUT2D eigenvalue weighted by atomic mass is 15.2. The number of nitrogens with zero attached hydrogens (tertiary/aromatic N) is 6. The topological polar surface area (TPSA) is 136 Å². The molecular weight excluding hydrogens is 486 g/mol. The van der Waals surface area contributed by atoms with Gasteiger partial charge in [-0.25, -0.2) is 19.9 Å². The Bertz CT molecular complexity index is 1510. The second-order valence-electron chi connectivity index (χ2n) is 9.52. The third-order valence-electron chi connectivity index (χ3n) is 6.96. The number of nitrogens with one attached hydrogen (secondary N) is 1. The summed E-state index contributed by atoms with van der Waals surface area (Å²) in [5.74, 6) is 0. The van der Waals surface area contributed by atoms with E-state index in [-0.39, 0.29) is 0 Å². The van der Waals surface area contributed by atoms with Gasteiger partial charge in [-0.3, -0.25) is 10.3 Å². The van der Waals surface area contributed by atoms with Crippen molar-refractivity contribution < 1.29 is 0 Å². The minimum Gasteiger partial charge on any atom is -0.390 e. The van der Waals surface area contributed by atoms with E-state index in [2.05, 4.69) is 67.8 Å². The van der Waals surface area contributed by atoms with Crippen LogP contribution in [-0.2, 0) is 13.1 Å². The molecule has 1 saturated heterocycles. The zero-order valence-corrected chi connectivity index (χ0v) is 21.8. The lowest BCUT2D eigenvalue weighted by Crippen LogP contribution is -2.33. The molecule has 0 aliphatic carbocycles. The normalized spacial score (nSPS) is 14.1. The van der Waals surface area contributed by atoms with Gasteiger partial charge >= 0.3 is 0 Å². The summed E-state index contributed by atoms with van der Waals surface area (Å²) in [6.45, 7) is 3.59. The minimum atomic E-state index is 0.496. The Hall–Kier alpha value is -4.47. The van der Waals surface area contributed by atoms with Crippen molar-refractivity contribution in [1.29, 1.82) is 5.41 Å². The molecule has 0 spiro atoms. The fourth-order valence-corrected chi connectivity index (χ4v) is 4.98. The average molecular weight is 520 g/mol. The van der Waals surface area contributed by atoms with Crippen LogP contribution in [0.3, 0.4) is 0 Å². The Balaban J connectivity index is 0.000000983. The fraction of sp³-hybridized carbons (Fsp3) is 0.233. The molecule has 1 aliphatic heterocycles. The number of pyridine rings is 1. The number of hydrogen-bond donors (Lipinski definition) is 3. The summed E-state index contributed by atoms with van der Waals surface area (Å²) in [5.41, 5.74) is 17.7. The maximum Gasteiger partial charge on any atom is 0.178 e. The van der Waals surface area contributed by atoms with Crippen LogP contribution in [0.5, 0.6) is 0 Å². The monoisotopic (exact) mass is 519 g/mol. The lowest BCUT2D eigenvalue weighted by molar-refractivity contribution is 0.179. The Labute approximate surface area is 228 Å². The Morgan fingerprint density at radius 3 is 2.26 bits per heavy atom. The highest BCUT2D eigenvalue weighted by Gasteiger charge is 2.21. The molecule has 39 heavy (non-hydrogen) atoms. The molecule has 3 aromatic heterocycles. The first kappa shape index (κ1) is 26.1. The number of likely N-dealkylation sites (tertiary alicyclic amines) is 1. The number of fused-ring (bicyclic) bond motifs is 1. The first-order valence-corrected chi connectivity index (χ1v) is 13.1. The van der Waals surface area contributed by atoms with Gasteiger partial charge in [0, 0.05) is 55.7 Å². The molecule has 0 amide bonds. The lowest BCUT2D eigenvalue weighted by Gasteiger charge is -2.32. The SMILES string of the molecule is N=CN.NCc1cn(C2CCN(Cc3ccc(-c4nc5ncccc5nc4-c4ccccc4)cc3)CC2)cn1. The van der Waals surface area contributed by atoms with Crippen molar-refractivity contribution in [1.82, 2.24) is 29.4 Å². The van der Waals surface area contributed by atoms with Crippen molar-refractivity contribution in [3.8, 4) is 22.5 Å². The fourth-order valence-electron chi connectivity index (χ4n) is 4.98. The number of rotatable bonds is 6. The Morgan fingerprint density at radius 1 is 0.872 bits per heavy atom. The zero-order chi connectivity index (χ0) is 27.0. The van der Waals surface area contributed by atoms with Crippen LogP contribution in [0, 0.1) is 5.41 Å². The number of hydrogen-bond acceptors (Lipinski definition) is 7. The van der Waals surface area contributed by atoms with Gasteiger partial charge in [-0.15, -0.1) is 0 Å². The number of nitrogens with two attached hydrogens (primary N) is 2. The summed E-state index contributed by atoms with van der Waals surface area (Å²) in [6, 6.07) is 23.3. The van der Waals surface area contributed by atoms with E-state index in [0.29, 0.717) is 18.2 Å². The molecular formula is C30H33N9. The van der Waals surface area contributed by atoms with Crippen LogP contribution < -0.4 is 11.5 Å². The van der Waals surface area contributed by atoms with Crippen LogP contribution in [0.2, 0.25) is 0 Å². The van der Waals surface area contributed by atoms with Gasteiger partial charge in [0.2, 0.25) is 0 Å². The molecule has 0 bridgehead atoms. The van der Waals surface area contributed by atoms with Crippen molar-refractivity contribution in [3.63, 3.8) is 0 Å². The summed E-state index contributed by atoms with van der Waals surface area (Å²) in [5, 5.41) is 5.86. The molecule has 9 heteroatoms. The molecule has 0 radical (unpaired) electrons. The van der Waals surface area contributed by atoms with Crippen LogP contribution in [0.25, 0.3) is 33.7 Å². The third-order valence-corrected chi connectivity index (χ3v) is 6.96. The largest absolute Gasteiger partial charge is 0.390 e. The van der Waals surface area contributed by atoms with Gasteiger partial charge in [0.15, 0.2) is 5.65 Å². The van der Waals surface area contributed by atoms with Crippen LogP contribution in [-0.4, -0.2) is 48.8 Å². The predicted octanol–water partition coefficient (Wildman–Crippen LogP) is 4.40. The summed E-state index contributed by atoms with van der Waals surface area (Å²) in [7, 11) is 0. The van der Waals surface area contributed by atoms with Crippen molar-refractivity contribution in [2.45, 2.75) is 32.0 Å². The highest BCUT2D eigenvalue weighted by Crippen LogP contribution is 2.31. The number of aromatic nitrogens is 5. The summed E-state index contributed by atoms with van der Waals surface area (Å²) < 4.78 is 2.23. The summed E-state index contributed by atoms with van der Waals surface area (Å²) in [6.07, 6.45) is 8.78. The van der Waals surface area contributed by atoms with Gasteiger partial charge in [0.25, 0.3) is 0 Å². The van der Waals surface area contributed by atoms with E-state index in [9.17, 15) is 0 Å².